The second-order valence-electron chi connectivity index (χ2n) is 6.30. The van der Waals surface area contributed by atoms with Crippen LogP contribution in [0.5, 0.6) is 5.75 Å². The van der Waals surface area contributed by atoms with Gasteiger partial charge in [0.15, 0.2) is 0 Å². The van der Waals surface area contributed by atoms with Crippen LogP contribution in [0.1, 0.15) is 63.5 Å². The molecule has 21 heavy (non-hydrogen) atoms. The van der Waals surface area contributed by atoms with Gasteiger partial charge in [-0.2, -0.15) is 0 Å². The summed E-state index contributed by atoms with van der Waals surface area (Å²) >= 11 is 0. The molecule has 1 fully saturated rings. The predicted molar refractivity (Wildman–Crippen MR) is 85.1 cm³/mol. The van der Waals surface area contributed by atoms with Gasteiger partial charge in [0, 0.05) is 19.0 Å². The minimum absolute atomic E-state index is 0.0931. The normalized spacial score (nSPS) is 18.0. The SMILES string of the molecule is CC(c1ccccc1O)N(C)C(=O)CC1CCCCCC1. The van der Waals surface area contributed by atoms with Gasteiger partial charge in [0.05, 0.1) is 6.04 Å². The van der Waals surface area contributed by atoms with Crippen molar-refractivity contribution in [3.63, 3.8) is 0 Å². The fraction of sp³-hybridized carbons (Fsp3) is 0.611. The number of carbonyl (C=O) groups is 1. The fourth-order valence-electron chi connectivity index (χ4n) is 3.22. The molecule has 116 valence electrons. The molecule has 2 rings (SSSR count). The largest absolute Gasteiger partial charge is 0.508 e. The molecule has 3 heteroatoms. The molecule has 0 aromatic heterocycles. The van der Waals surface area contributed by atoms with E-state index in [-0.39, 0.29) is 17.7 Å². The van der Waals surface area contributed by atoms with Gasteiger partial charge in [0.25, 0.3) is 0 Å². The van der Waals surface area contributed by atoms with Crippen LogP contribution in [0.25, 0.3) is 0 Å². The number of amides is 1. The summed E-state index contributed by atoms with van der Waals surface area (Å²) in [4.78, 5) is 14.3. The summed E-state index contributed by atoms with van der Waals surface area (Å²) in [6.07, 6.45) is 8.17. The van der Waals surface area contributed by atoms with E-state index in [9.17, 15) is 9.90 Å². The molecule has 1 atom stereocenters. The summed E-state index contributed by atoms with van der Waals surface area (Å²) in [5, 5.41) is 9.93. The van der Waals surface area contributed by atoms with Crippen LogP contribution in [0.4, 0.5) is 0 Å². The maximum atomic E-state index is 12.5. The van der Waals surface area contributed by atoms with Gasteiger partial charge < -0.3 is 10.0 Å². The van der Waals surface area contributed by atoms with E-state index < -0.39 is 0 Å². The molecular formula is C18H27NO2. The quantitative estimate of drug-likeness (QED) is 0.841. The second kappa shape index (κ2) is 7.48. The first-order chi connectivity index (χ1) is 10.1. The van der Waals surface area contributed by atoms with E-state index in [1.165, 1.54) is 38.5 Å². The first-order valence-electron chi connectivity index (χ1n) is 8.13. The van der Waals surface area contributed by atoms with Gasteiger partial charge in [-0.25, -0.2) is 0 Å². The van der Waals surface area contributed by atoms with Gasteiger partial charge in [0.1, 0.15) is 5.75 Å². The van der Waals surface area contributed by atoms with Gasteiger partial charge in [-0.3, -0.25) is 4.79 Å². The highest BCUT2D eigenvalue weighted by Gasteiger charge is 2.23. The molecule has 1 unspecified atom stereocenters. The van der Waals surface area contributed by atoms with Gasteiger partial charge >= 0.3 is 0 Å². The maximum Gasteiger partial charge on any atom is 0.223 e. The first kappa shape index (κ1) is 15.9. The summed E-state index contributed by atoms with van der Waals surface area (Å²) in [6, 6.07) is 7.17. The molecule has 1 saturated carbocycles. The van der Waals surface area contributed by atoms with E-state index in [0.717, 1.165) is 5.56 Å². The molecule has 1 aliphatic rings. The molecule has 0 radical (unpaired) electrons. The Bertz CT molecular complexity index is 464. The lowest BCUT2D eigenvalue weighted by Gasteiger charge is -2.27. The maximum absolute atomic E-state index is 12.5. The Labute approximate surface area is 128 Å². The highest BCUT2D eigenvalue weighted by molar-refractivity contribution is 5.76. The number of phenols is 1. The lowest BCUT2D eigenvalue weighted by Crippen LogP contribution is -2.31. The molecular weight excluding hydrogens is 262 g/mol. The van der Waals surface area contributed by atoms with Gasteiger partial charge in [0.2, 0.25) is 5.91 Å². The van der Waals surface area contributed by atoms with Crippen LogP contribution >= 0.6 is 0 Å². The Kier molecular flexibility index (Phi) is 5.66. The summed E-state index contributed by atoms with van der Waals surface area (Å²) in [5.41, 5.74) is 0.814. The highest BCUT2D eigenvalue weighted by atomic mass is 16.3. The van der Waals surface area contributed by atoms with E-state index in [2.05, 4.69) is 0 Å². The number of hydrogen-bond acceptors (Lipinski definition) is 2. The summed E-state index contributed by atoms with van der Waals surface area (Å²) in [7, 11) is 1.84. The Hall–Kier alpha value is -1.51. The van der Waals surface area contributed by atoms with Gasteiger partial charge in [-0.05, 0) is 31.7 Å². The molecule has 1 aromatic carbocycles. The zero-order chi connectivity index (χ0) is 15.2. The average Bonchev–Trinajstić information content (AvgIpc) is 2.75. The minimum Gasteiger partial charge on any atom is -0.508 e. The number of hydrogen-bond donors (Lipinski definition) is 1. The summed E-state index contributed by atoms with van der Waals surface area (Å²) in [5.74, 6) is 0.996. The third kappa shape index (κ3) is 4.23. The number of para-hydroxylation sites is 1. The summed E-state index contributed by atoms with van der Waals surface area (Å²) in [6.45, 7) is 1.97. The van der Waals surface area contributed by atoms with Crippen molar-refractivity contribution in [2.75, 3.05) is 7.05 Å². The van der Waals surface area contributed by atoms with Crippen molar-refractivity contribution in [2.45, 2.75) is 57.9 Å². The topological polar surface area (TPSA) is 40.5 Å². The van der Waals surface area contributed by atoms with Crippen molar-refractivity contribution < 1.29 is 9.90 Å². The number of aromatic hydroxyl groups is 1. The van der Waals surface area contributed by atoms with Crippen molar-refractivity contribution in [3.8, 4) is 5.75 Å². The summed E-state index contributed by atoms with van der Waals surface area (Å²) < 4.78 is 0. The highest BCUT2D eigenvalue weighted by Crippen LogP contribution is 2.30. The molecule has 0 spiro atoms. The van der Waals surface area contributed by atoms with E-state index in [1.807, 2.05) is 26.1 Å². The fourth-order valence-corrected chi connectivity index (χ4v) is 3.22. The molecule has 1 aromatic rings. The van der Waals surface area contributed by atoms with Crippen LogP contribution in [0.3, 0.4) is 0 Å². The Morgan fingerprint density at radius 3 is 2.48 bits per heavy atom. The van der Waals surface area contributed by atoms with Crippen LogP contribution in [-0.4, -0.2) is 23.0 Å². The molecule has 1 N–H and O–H groups in total. The van der Waals surface area contributed by atoms with E-state index in [1.54, 1.807) is 17.0 Å². The average molecular weight is 289 g/mol. The molecule has 0 bridgehead atoms. The predicted octanol–water partition coefficient (Wildman–Crippen LogP) is 4.27. The zero-order valence-electron chi connectivity index (χ0n) is 13.2. The number of benzene rings is 1. The molecule has 0 heterocycles. The second-order valence-corrected chi connectivity index (χ2v) is 6.30. The van der Waals surface area contributed by atoms with E-state index in [4.69, 9.17) is 0 Å². The Balaban J connectivity index is 1.96. The van der Waals surface area contributed by atoms with Gasteiger partial charge in [-0.15, -0.1) is 0 Å². The molecule has 3 nitrogen and oxygen atoms in total. The first-order valence-corrected chi connectivity index (χ1v) is 8.13. The Morgan fingerprint density at radius 1 is 1.24 bits per heavy atom. The van der Waals surface area contributed by atoms with Crippen LogP contribution in [0.15, 0.2) is 24.3 Å². The molecule has 1 amide bonds. The number of nitrogens with zero attached hydrogens (tertiary/aromatic N) is 1. The smallest absolute Gasteiger partial charge is 0.223 e. The van der Waals surface area contributed by atoms with Crippen LogP contribution in [0.2, 0.25) is 0 Å². The van der Waals surface area contributed by atoms with Gasteiger partial charge in [-0.1, -0.05) is 43.9 Å². The van der Waals surface area contributed by atoms with E-state index in [0.29, 0.717) is 12.3 Å². The number of rotatable bonds is 4. The molecule has 0 aliphatic heterocycles. The van der Waals surface area contributed by atoms with Crippen molar-refractivity contribution in [1.29, 1.82) is 0 Å². The van der Waals surface area contributed by atoms with E-state index >= 15 is 0 Å². The third-order valence-electron chi connectivity index (χ3n) is 4.80. The van der Waals surface area contributed by atoms with Crippen molar-refractivity contribution in [2.24, 2.45) is 5.92 Å². The molecule has 1 aliphatic carbocycles. The van der Waals surface area contributed by atoms with Crippen molar-refractivity contribution >= 4 is 5.91 Å². The minimum atomic E-state index is -0.0931. The van der Waals surface area contributed by atoms with Crippen LogP contribution in [0, 0.1) is 5.92 Å². The zero-order valence-corrected chi connectivity index (χ0v) is 13.2. The van der Waals surface area contributed by atoms with Crippen molar-refractivity contribution in [1.82, 2.24) is 4.90 Å². The van der Waals surface area contributed by atoms with Crippen LogP contribution < -0.4 is 0 Å². The number of phenolic OH excluding ortho intramolecular Hbond substituents is 1. The molecule has 0 saturated heterocycles. The lowest BCUT2D eigenvalue weighted by atomic mass is 9.95. The Morgan fingerprint density at radius 2 is 1.86 bits per heavy atom. The third-order valence-corrected chi connectivity index (χ3v) is 4.80. The standard InChI is InChI=1S/C18H27NO2/c1-14(16-11-7-8-12-17(16)20)19(2)18(21)13-15-9-5-3-4-6-10-15/h7-8,11-12,14-15,20H,3-6,9-10,13H2,1-2H3. The monoisotopic (exact) mass is 289 g/mol. The van der Waals surface area contributed by atoms with Crippen LogP contribution in [-0.2, 0) is 4.79 Å². The number of carbonyl (C=O) groups excluding carboxylic acids is 1. The van der Waals surface area contributed by atoms with Crippen molar-refractivity contribution in [3.05, 3.63) is 29.8 Å². The lowest BCUT2D eigenvalue weighted by molar-refractivity contribution is -0.132.